The summed E-state index contributed by atoms with van der Waals surface area (Å²) in [5.74, 6) is -4.38. The third-order valence-electron chi connectivity index (χ3n) is 3.98. The van der Waals surface area contributed by atoms with E-state index in [1.165, 1.54) is 30.5 Å². The molecule has 0 spiro atoms. The second-order valence-electron chi connectivity index (χ2n) is 7.74. The number of ether oxygens (including phenoxy) is 2. The van der Waals surface area contributed by atoms with Gasteiger partial charge in [-0.3, -0.25) is 14.7 Å². The molecular formula is C22H24F2N4O4. The van der Waals surface area contributed by atoms with E-state index >= 15 is 0 Å². The Labute approximate surface area is 184 Å². The second kappa shape index (κ2) is 10.1. The van der Waals surface area contributed by atoms with E-state index in [9.17, 15) is 23.6 Å². The van der Waals surface area contributed by atoms with Gasteiger partial charge in [0.1, 0.15) is 29.7 Å². The summed E-state index contributed by atoms with van der Waals surface area (Å²) in [6.07, 6.45) is -0.200. The molecule has 0 radical (unpaired) electrons. The van der Waals surface area contributed by atoms with Crippen LogP contribution >= 0.6 is 0 Å². The van der Waals surface area contributed by atoms with Crippen molar-refractivity contribution in [2.45, 2.75) is 45.6 Å². The average Bonchev–Trinajstić information content (AvgIpc) is 2.71. The molecule has 2 aromatic heterocycles. The number of carbonyl (C=O) groups is 2. The highest BCUT2D eigenvalue weighted by Crippen LogP contribution is 2.30. The van der Waals surface area contributed by atoms with Crippen LogP contribution in [0.2, 0.25) is 0 Å². The fraction of sp³-hybridized carbons (Fsp3) is 0.409. The number of aromatic nitrogens is 2. The zero-order valence-corrected chi connectivity index (χ0v) is 18.3. The molecule has 170 valence electrons. The lowest BCUT2D eigenvalue weighted by atomic mass is 10.1. The van der Waals surface area contributed by atoms with E-state index in [2.05, 4.69) is 9.97 Å². The lowest BCUT2D eigenvalue weighted by Gasteiger charge is -2.29. The summed E-state index contributed by atoms with van der Waals surface area (Å²) in [6, 6.07) is 8.48. The fourth-order valence-electron chi connectivity index (χ4n) is 2.64. The third kappa shape index (κ3) is 6.70. The smallest absolute Gasteiger partial charge is 0.416 e. The number of amides is 1. The van der Waals surface area contributed by atoms with E-state index in [1.807, 2.05) is 6.07 Å². The summed E-state index contributed by atoms with van der Waals surface area (Å²) in [5, 5.41) is 9.31. The minimum absolute atomic E-state index is 0.00170. The first-order valence-corrected chi connectivity index (χ1v) is 9.82. The zero-order chi connectivity index (χ0) is 23.9. The molecule has 32 heavy (non-hydrogen) atoms. The number of alkyl halides is 2. The van der Waals surface area contributed by atoms with Crippen molar-refractivity contribution in [2.75, 3.05) is 18.1 Å². The maximum Gasteiger partial charge on any atom is 0.416 e. The summed E-state index contributed by atoms with van der Waals surface area (Å²) in [5.41, 5.74) is -1.44. The van der Waals surface area contributed by atoms with Crippen molar-refractivity contribution >= 4 is 17.9 Å². The van der Waals surface area contributed by atoms with Crippen molar-refractivity contribution in [3.63, 3.8) is 0 Å². The van der Waals surface area contributed by atoms with Crippen molar-refractivity contribution in [3.8, 4) is 6.07 Å². The Balaban J connectivity index is 2.48. The fourth-order valence-corrected chi connectivity index (χ4v) is 2.64. The van der Waals surface area contributed by atoms with Gasteiger partial charge in [0.05, 0.1) is 24.3 Å². The molecule has 0 saturated carbocycles. The lowest BCUT2D eigenvalue weighted by Crippen LogP contribution is -2.43. The summed E-state index contributed by atoms with van der Waals surface area (Å²) in [7, 11) is 0. The highest BCUT2D eigenvalue weighted by molar-refractivity contribution is 5.87. The largest absolute Gasteiger partial charge is 0.466 e. The van der Waals surface area contributed by atoms with E-state index in [0.717, 1.165) is 6.07 Å². The van der Waals surface area contributed by atoms with E-state index < -0.39 is 35.8 Å². The summed E-state index contributed by atoms with van der Waals surface area (Å²) >= 11 is 0. The molecule has 0 aliphatic heterocycles. The Bertz CT molecular complexity index is 1000. The summed E-state index contributed by atoms with van der Waals surface area (Å²) in [6.45, 7) is 5.42. The molecule has 0 fully saturated rings. The molecule has 0 saturated heterocycles. The van der Waals surface area contributed by atoms with Gasteiger partial charge in [-0.25, -0.2) is 9.78 Å². The van der Waals surface area contributed by atoms with E-state index in [1.54, 1.807) is 27.7 Å². The van der Waals surface area contributed by atoms with Crippen molar-refractivity contribution < 1.29 is 27.8 Å². The van der Waals surface area contributed by atoms with Crippen molar-refractivity contribution in [1.29, 1.82) is 5.26 Å². The first kappa shape index (κ1) is 24.7. The minimum Gasteiger partial charge on any atom is -0.466 e. The minimum atomic E-state index is -3.53. The lowest BCUT2D eigenvalue weighted by molar-refractivity contribution is -0.142. The number of nitriles is 1. The first-order chi connectivity index (χ1) is 15.0. The predicted molar refractivity (Wildman–Crippen MR) is 111 cm³/mol. The SMILES string of the molecule is CCOC(=O)Cc1nc(N(CC(F)(F)c2ccccn2)C(=O)OC(C)(C)C)ccc1C#N. The normalized spacial score (nSPS) is 11.4. The molecule has 0 unspecified atom stereocenters. The van der Waals surface area contributed by atoms with Gasteiger partial charge in [0, 0.05) is 6.20 Å². The van der Waals surface area contributed by atoms with Crippen LogP contribution in [0.1, 0.15) is 44.6 Å². The van der Waals surface area contributed by atoms with E-state index in [4.69, 9.17) is 9.47 Å². The number of pyridine rings is 2. The van der Waals surface area contributed by atoms with Crippen LogP contribution < -0.4 is 4.90 Å². The molecule has 1 amide bonds. The van der Waals surface area contributed by atoms with Gasteiger partial charge in [-0.1, -0.05) is 6.07 Å². The molecular weight excluding hydrogens is 422 g/mol. The molecule has 0 aromatic carbocycles. The molecule has 0 bridgehead atoms. The Kier molecular flexibility index (Phi) is 7.81. The highest BCUT2D eigenvalue weighted by atomic mass is 19.3. The molecule has 10 heteroatoms. The molecule has 8 nitrogen and oxygen atoms in total. The van der Waals surface area contributed by atoms with Crippen LogP contribution in [0.3, 0.4) is 0 Å². The Morgan fingerprint density at radius 1 is 1.19 bits per heavy atom. The van der Waals surface area contributed by atoms with Gasteiger partial charge in [-0.15, -0.1) is 0 Å². The first-order valence-electron chi connectivity index (χ1n) is 9.82. The molecule has 0 aliphatic carbocycles. The molecule has 0 atom stereocenters. The number of esters is 1. The zero-order valence-electron chi connectivity index (χ0n) is 18.3. The van der Waals surface area contributed by atoms with Gasteiger partial charge in [-0.2, -0.15) is 14.0 Å². The van der Waals surface area contributed by atoms with Gasteiger partial charge in [0.15, 0.2) is 0 Å². The predicted octanol–water partition coefficient (Wildman–Crippen LogP) is 3.99. The standard InChI is InChI=1S/C22H24F2N4O4/c1-5-31-19(29)12-16-15(13-25)9-10-18(27-16)28(20(30)32-21(2,3)4)14-22(23,24)17-8-6-7-11-26-17/h6-11H,5,12,14H2,1-4H3. The topological polar surface area (TPSA) is 105 Å². The monoisotopic (exact) mass is 446 g/mol. The highest BCUT2D eigenvalue weighted by Gasteiger charge is 2.39. The van der Waals surface area contributed by atoms with Crippen LogP contribution in [0.5, 0.6) is 0 Å². The number of carbonyl (C=O) groups excluding carboxylic acids is 2. The third-order valence-corrected chi connectivity index (χ3v) is 3.98. The number of anilines is 1. The van der Waals surface area contributed by atoms with Crippen molar-refractivity contribution in [2.24, 2.45) is 0 Å². The Morgan fingerprint density at radius 3 is 2.47 bits per heavy atom. The molecule has 2 heterocycles. The van der Waals surface area contributed by atoms with Crippen LogP contribution in [-0.4, -0.2) is 40.8 Å². The van der Waals surface area contributed by atoms with Crippen LogP contribution in [0.25, 0.3) is 0 Å². The van der Waals surface area contributed by atoms with Crippen LogP contribution in [0, 0.1) is 11.3 Å². The average molecular weight is 446 g/mol. The number of nitrogens with zero attached hydrogens (tertiary/aromatic N) is 4. The summed E-state index contributed by atoms with van der Waals surface area (Å²) in [4.78, 5) is 33.2. The second-order valence-corrected chi connectivity index (χ2v) is 7.74. The maximum atomic E-state index is 15.0. The summed E-state index contributed by atoms with van der Waals surface area (Å²) < 4.78 is 40.1. The van der Waals surface area contributed by atoms with E-state index in [-0.39, 0.29) is 30.1 Å². The number of hydrogen-bond donors (Lipinski definition) is 0. The van der Waals surface area contributed by atoms with Crippen LogP contribution in [0.15, 0.2) is 36.5 Å². The molecule has 2 rings (SSSR count). The number of rotatable bonds is 7. The molecule has 2 aromatic rings. The van der Waals surface area contributed by atoms with Gasteiger partial charge in [-0.05, 0) is 52.0 Å². The van der Waals surface area contributed by atoms with E-state index in [0.29, 0.717) is 4.90 Å². The molecule has 0 aliphatic rings. The van der Waals surface area contributed by atoms with Gasteiger partial charge in [0.2, 0.25) is 0 Å². The Morgan fingerprint density at radius 2 is 1.91 bits per heavy atom. The van der Waals surface area contributed by atoms with Crippen LogP contribution in [0.4, 0.5) is 19.4 Å². The Hall–Kier alpha value is -3.61. The number of halogens is 2. The number of hydrogen-bond acceptors (Lipinski definition) is 7. The molecule has 0 N–H and O–H groups in total. The van der Waals surface area contributed by atoms with Gasteiger partial charge < -0.3 is 9.47 Å². The van der Waals surface area contributed by atoms with Crippen molar-refractivity contribution in [3.05, 3.63) is 53.5 Å². The van der Waals surface area contributed by atoms with Crippen molar-refractivity contribution in [1.82, 2.24) is 9.97 Å². The van der Waals surface area contributed by atoms with Gasteiger partial charge >= 0.3 is 18.0 Å². The maximum absolute atomic E-state index is 15.0. The quantitative estimate of drug-likeness (QED) is 0.592. The van der Waals surface area contributed by atoms with Crippen LogP contribution in [-0.2, 0) is 26.6 Å². The van der Waals surface area contributed by atoms with Gasteiger partial charge in [0.25, 0.3) is 0 Å².